The third-order valence-electron chi connectivity index (χ3n) is 4.95. The van der Waals surface area contributed by atoms with E-state index in [0.717, 1.165) is 12.8 Å². The summed E-state index contributed by atoms with van der Waals surface area (Å²) in [6, 6.07) is 11.8. The Morgan fingerprint density at radius 3 is 2.36 bits per heavy atom. The maximum absolute atomic E-state index is 12.5. The van der Waals surface area contributed by atoms with Gasteiger partial charge in [0.25, 0.3) is 0 Å². The van der Waals surface area contributed by atoms with Crippen LogP contribution in [0.3, 0.4) is 0 Å². The topological polar surface area (TPSA) is 86.2 Å². The van der Waals surface area contributed by atoms with Gasteiger partial charge in [0.05, 0.1) is 25.5 Å². The van der Waals surface area contributed by atoms with Crippen molar-refractivity contribution >= 4 is 18.1 Å². The van der Waals surface area contributed by atoms with Crippen molar-refractivity contribution in [3.05, 3.63) is 53.6 Å². The number of carbonyl (C=O) groups excluding carboxylic acids is 2. The molecule has 0 fully saturated rings. The van der Waals surface area contributed by atoms with E-state index in [0.29, 0.717) is 41.4 Å². The zero-order valence-electron chi connectivity index (χ0n) is 19.8. The Morgan fingerprint density at radius 2 is 1.67 bits per heavy atom. The third kappa shape index (κ3) is 9.35. The summed E-state index contributed by atoms with van der Waals surface area (Å²) in [5.41, 5.74) is 3.65. The van der Waals surface area contributed by atoms with Gasteiger partial charge in [-0.2, -0.15) is 5.10 Å². The lowest BCUT2D eigenvalue weighted by Crippen LogP contribution is -2.16. The normalized spacial score (nSPS) is 10.8. The summed E-state index contributed by atoms with van der Waals surface area (Å²) in [7, 11) is 1.49. The van der Waals surface area contributed by atoms with Crippen LogP contribution >= 0.6 is 0 Å². The van der Waals surface area contributed by atoms with Crippen molar-refractivity contribution in [2.45, 2.75) is 58.8 Å². The first-order valence-corrected chi connectivity index (χ1v) is 11.5. The van der Waals surface area contributed by atoms with E-state index < -0.39 is 5.97 Å². The average molecular weight is 455 g/mol. The highest BCUT2D eigenvalue weighted by Crippen LogP contribution is 2.28. The van der Waals surface area contributed by atoms with Gasteiger partial charge in [0.15, 0.2) is 11.5 Å². The van der Waals surface area contributed by atoms with Gasteiger partial charge in [-0.15, -0.1) is 0 Å². The minimum absolute atomic E-state index is 0.102. The predicted molar refractivity (Wildman–Crippen MR) is 129 cm³/mol. The van der Waals surface area contributed by atoms with E-state index >= 15 is 0 Å². The van der Waals surface area contributed by atoms with Crippen molar-refractivity contribution in [3.8, 4) is 17.2 Å². The molecule has 178 valence electrons. The number of unbranched alkanes of at least 4 members (excludes halogenated alkanes) is 5. The van der Waals surface area contributed by atoms with Gasteiger partial charge in [-0.3, -0.25) is 4.79 Å². The second-order valence-electron chi connectivity index (χ2n) is 7.57. The van der Waals surface area contributed by atoms with E-state index in [1.807, 2.05) is 6.92 Å². The molecular formula is C26H34N2O5. The van der Waals surface area contributed by atoms with Crippen LogP contribution in [0.1, 0.15) is 74.7 Å². The Bertz CT molecular complexity index is 909. The van der Waals surface area contributed by atoms with Crippen LogP contribution in [0.4, 0.5) is 0 Å². The molecule has 0 aliphatic rings. The summed E-state index contributed by atoms with van der Waals surface area (Å²) in [4.78, 5) is 24.3. The molecule has 2 aromatic carbocycles. The summed E-state index contributed by atoms with van der Waals surface area (Å²) in [6.45, 7) is 4.64. The monoisotopic (exact) mass is 454 g/mol. The molecule has 0 saturated heterocycles. The Balaban J connectivity index is 1.86. The molecule has 0 saturated carbocycles. The molecule has 2 aromatic rings. The van der Waals surface area contributed by atoms with E-state index in [2.05, 4.69) is 17.5 Å². The molecule has 7 heteroatoms. The SMILES string of the molecule is CCCCCCCCC(=O)N/N=C\c1ccc(OC(=O)c2ccc(OCC)cc2)c(OC)c1. The number of rotatable bonds is 14. The quantitative estimate of drug-likeness (QED) is 0.134. The second-order valence-corrected chi connectivity index (χ2v) is 7.57. The molecule has 0 aliphatic carbocycles. The van der Waals surface area contributed by atoms with Crippen molar-refractivity contribution in [2.75, 3.05) is 13.7 Å². The molecule has 0 unspecified atom stereocenters. The highest BCUT2D eigenvalue weighted by molar-refractivity contribution is 5.91. The minimum Gasteiger partial charge on any atom is -0.494 e. The highest BCUT2D eigenvalue weighted by atomic mass is 16.6. The first-order valence-electron chi connectivity index (χ1n) is 11.5. The van der Waals surface area contributed by atoms with E-state index in [-0.39, 0.29) is 5.91 Å². The number of amides is 1. The number of benzene rings is 2. The molecule has 1 amide bonds. The fraction of sp³-hybridized carbons (Fsp3) is 0.423. The number of ether oxygens (including phenoxy) is 3. The Morgan fingerprint density at radius 1 is 0.939 bits per heavy atom. The van der Waals surface area contributed by atoms with Crippen molar-refractivity contribution < 1.29 is 23.8 Å². The smallest absolute Gasteiger partial charge is 0.343 e. The van der Waals surface area contributed by atoms with Crippen LogP contribution in [0.5, 0.6) is 17.2 Å². The molecule has 0 aromatic heterocycles. The van der Waals surface area contributed by atoms with Gasteiger partial charge in [0.1, 0.15) is 5.75 Å². The molecule has 33 heavy (non-hydrogen) atoms. The first-order chi connectivity index (χ1) is 16.1. The van der Waals surface area contributed by atoms with Gasteiger partial charge in [0, 0.05) is 6.42 Å². The largest absolute Gasteiger partial charge is 0.494 e. The molecule has 7 nitrogen and oxygen atoms in total. The molecular weight excluding hydrogens is 420 g/mol. The van der Waals surface area contributed by atoms with E-state index in [9.17, 15) is 9.59 Å². The molecule has 0 aliphatic heterocycles. The minimum atomic E-state index is -0.500. The van der Waals surface area contributed by atoms with Crippen molar-refractivity contribution in [3.63, 3.8) is 0 Å². The average Bonchev–Trinajstić information content (AvgIpc) is 2.82. The Kier molecular flexibility index (Phi) is 11.5. The third-order valence-corrected chi connectivity index (χ3v) is 4.95. The fourth-order valence-corrected chi connectivity index (χ4v) is 3.16. The summed E-state index contributed by atoms with van der Waals surface area (Å²) in [6.07, 6.45) is 8.78. The Hall–Kier alpha value is -3.35. The first kappa shape index (κ1) is 25.9. The number of methoxy groups -OCH3 is 1. The van der Waals surface area contributed by atoms with Gasteiger partial charge in [-0.05, 0) is 61.4 Å². The van der Waals surface area contributed by atoms with Crippen LogP contribution in [0.25, 0.3) is 0 Å². The number of hydrazone groups is 1. The number of hydrogen-bond donors (Lipinski definition) is 1. The lowest BCUT2D eigenvalue weighted by molar-refractivity contribution is -0.121. The van der Waals surface area contributed by atoms with Crippen LogP contribution < -0.4 is 19.6 Å². The van der Waals surface area contributed by atoms with Crippen LogP contribution in [0.2, 0.25) is 0 Å². The Labute approximate surface area is 196 Å². The van der Waals surface area contributed by atoms with Crippen molar-refractivity contribution in [1.82, 2.24) is 5.43 Å². The van der Waals surface area contributed by atoms with Gasteiger partial charge in [0.2, 0.25) is 5.91 Å². The summed E-state index contributed by atoms with van der Waals surface area (Å²) >= 11 is 0. The molecule has 0 radical (unpaired) electrons. The predicted octanol–water partition coefficient (Wildman–Crippen LogP) is 5.51. The zero-order chi connectivity index (χ0) is 23.9. The number of nitrogens with one attached hydrogen (secondary N) is 1. The lowest BCUT2D eigenvalue weighted by atomic mass is 10.1. The van der Waals surface area contributed by atoms with E-state index in [1.165, 1.54) is 39.0 Å². The van der Waals surface area contributed by atoms with Gasteiger partial charge in [-0.25, -0.2) is 10.2 Å². The molecule has 0 heterocycles. The number of carbonyl (C=O) groups is 2. The van der Waals surface area contributed by atoms with Crippen molar-refractivity contribution in [1.29, 1.82) is 0 Å². The van der Waals surface area contributed by atoms with Gasteiger partial charge in [-0.1, -0.05) is 39.0 Å². The van der Waals surface area contributed by atoms with Crippen LogP contribution in [0.15, 0.2) is 47.6 Å². The number of hydrogen-bond acceptors (Lipinski definition) is 6. The lowest BCUT2D eigenvalue weighted by Gasteiger charge is -2.10. The maximum Gasteiger partial charge on any atom is 0.343 e. The fourth-order valence-electron chi connectivity index (χ4n) is 3.16. The summed E-state index contributed by atoms with van der Waals surface area (Å²) in [5, 5.41) is 4.01. The van der Waals surface area contributed by atoms with Gasteiger partial charge >= 0.3 is 5.97 Å². The molecule has 1 N–H and O–H groups in total. The number of esters is 1. The van der Waals surface area contributed by atoms with Crippen LogP contribution in [-0.4, -0.2) is 31.8 Å². The molecule has 0 atom stereocenters. The zero-order valence-corrected chi connectivity index (χ0v) is 19.8. The molecule has 0 bridgehead atoms. The maximum atomic E-state index is 12.5. The summed E-state index contributed by atoms with van der Waals surface area (Å²) < 4.78 is 16.2. The second kappa shape index (κ2) is 14.7. The molecule has 0 spiro atoms. The van der Waals surface area contributed by atoms with E-state index in [4.69, 9.17) is 14.2 Å². The van der Waals surface area contributed by atoms with E-state index in [1.54, 1.807) is 42.5 Å². The van der Waals surface area contributed by atoms with Crippen molar-refractivity contribution in [2.24, 2.45) is 5.10 Å². The van der Waals surface area contributed by atoms with Gasteiger partial charge < -0.3 is 14.2 Å². The molecule has 2 rings (SSSR count). The van der Waals surface area contributed by atoms with Crippen LogP contribution in [0, 0.1) is 0 Å². The highest BCUT2D eigenvalue weighted by Gasteiger charge is 2.13. The number of nitrogens with zero attached hydrogens (tertiary/aromatic N) is 1. The standard InChI is InChI=1S/C26H34N2O5/c1-4-6-7-8-9-10-11-25(29)28-27-19-20-12-17-23(24(18-20)31-3)33-26(30)21-13-15-22(16-14-21)32-5-2/h12-19H,4-11H2,1-3H3,(H,28,29)/b27-19-. The van der Waals surface area contributed by atoms with Crippen LogP contribution in [-0.2, 0) is 4.79 Å². The summed E-state index contributed by atoms with van der Waals surface area (Å²) in [5.74, 6) is 0.765.